The molecule has 0 aliphatic rings. The molecular formula is C14H15ClN2O2. The molecule has 19 heavy (non-hydrogen) atoms. The summed E-state index contributed by atoms with van der Waals surface area (Å²) in [7, 11) is 3.35. The maximum atomic E-state index is 12.4. The average molecular weight is 279 g/mol. The number of rotatable bonds is 4. The first-order valence-electron chi connectivity index (χ1n) is 5.92. The van der Waals surface area contributed by atoms with Gasteiger partial charge < -0.3 is 9.64 Å². The highest BCUT2D eigenvalue weighted by Gasteiger charge is 2.16. The SMILES string of the molecule is COCCN(C)C(=O)c1cnc(Cl)c2ccccc12. The topological polar surface area (TPSA) is 42.4 Å². The van der Waals surface area contributed by atoms with Crippen LogP contribution in [0.3, 0.4) is 0 Å². The molecule has 0 saturated heterocycles. The molecule has 1 aromatic carbocycles. The Morgan fingerprint density at radius 3 is 2.74 bits per heavy atom. The Balaban J connectivity index is 2.40. The van der Waals surface area contributed by atoms with Crippen LogP contribution in [0, 0.1) is 0 Å². The number of carbonyl (C=O) groups is 1. The molecule has 0 aliphatic heterocycles. The van der Waals surface area contributed by atoms with Crippen molar-refractivity contribution in [2.75, 3.05) is 27.3 Å². The molecule has 0 unspecified atom stereocenters. The highest BCUT2D eigenvalue weighted by molar-refractivity contribution is 6.34. The molecule has 0 saturated carbocycles. The standard InChI is InChI=1S/C14H15ClN2O2/c1-17(7-8-19-2)14(18)12-9-16-13(15)11-6-4-3-5-10(11)12/h3-6,9H,7-8H2,1-2H3. The summed E-state index contributed by atoms with van der Waals surface area (Å²) in [5.41, 5.74) is 0.554. The van der Waals surface area contributed by atoms with Crippen LogP contribution in [0.15, 0.2) is 30.5 Å². The fourth-order valence-corrected chi connectivity index (χ4v) is 2.08. The normalized spacial score (nSPS) is 10.7. The third kappa shape index (κ3) is 2.85. The van der Waals surface area contributed by atoms with Crippen LogP contribution in [0.5, 0.6) is 0 Å². The molecule has 1 heterocycles. The van der Waals surface area contributed by atoms with Crippen molar-refractivity contribution in [1.29, 1.82) is 0 Å². The summed E-state index contributed by atoms with van der Waals surface area (Å²) in [6.45, 7) is 1.04. The number of nitrogens with zero attached hydrogens (tertiary/aromatic N) is 2. The van der Waals surface area contributed by atoms with Crippen LogP contribution >= 0.6 is 11.6 Å². The molecule has 4 nitrogen and oxygen atoms in total. The van der Waals surface area contributed by atoms with Crippen molar-refractivity contribution in [3.8, 4) is 0 Å². The van der Waals surface area contributed by atoms with Gasteiger partial charge in [0.15, 0.2) is 0 Å². The monoisotopic (exact) mass is 278 g/mol. The molecule has 0 atom stereocenters. The summed E-state index contributed by atoms with van der Waals surface area (Å²) in [5, 5.41) is 2.01. The molecule has 2 rings (SSSR count). The Kier molecular flexibility index (Phi) is 4.35. The van der Waals surface area contributed by atoms with Gasteiger partial charge in [-0.1, -0.05) is 35.9 Å². The van der Waals surface area contributed by atoms with E-state index in [0.717, 1.165) is 10.8 Å². The lowest BCUT2D eigenvalue weighted by atomic mass is 10.1. The quantitative estimate of drug-likeness (QED) is 0.808. The van der Waals surface area contributed by atoms with Crippen LogP contribution in [0.2, 0.25) is 5.15 Å². The number of likely N-dealkylation sites (N-methyl/N-ethyl adjacent to an activating group) is 1. The molecule has 5 heteroatoms. The van der Waals surface area contributed by atoms with E-state index in [1.165, 1.54) is 6.20 Å². The number of aromatic nitrogens is 1. The number of carbonyl (C=O) groups excluding carboxylic acids is 1. The summed E-state index contributed by atoms with van der Waals surface area (Å²) in [4.78, 5) is 18.1. The van der Waals surface area contributed by atoms with Crippen LogP contribution < -0.4 is 0 Å². The predicted molar refractivity (Wildman–Crippen MR) is 75.6 cm³/mol. The number of hydrogen-bond acceptors (Lipinski definition) is 3. The number of pyridine rings is 1. The van der Waals surface area contributed by atoms with Crippen LogP contribution in [0.1, 0.15) is 10.4 Å². The second-order valence-corrected chi connectivity index (χ2v) is 4.59. The lowest BCUT2D eigenvalue weighted by Crippen LogP contribution is -2.30. The van der Waals surface area contributed by atoms with E-state index in [2.05, 4.69) is 4.98 Å². The van der Waals surface area contributed by atoms with Crippen LogP contribution in [-0.2, 0) is 4.74 Å². The Bertz CT molecular complexity index is 601. The van der Waals surface area contributed by atoms with Gasteiger partial charge in [-0.3, -0.25) is 4.79 Å². The van der Waals surface area contributed by atoms with Crippen LogP contribution in [0.25, 0.3) is 10.8 Å². The van der Waals surface area contributed by atoms with Gasteiger partial charge in [0.25, 0.3) is 5.91 Å². The summed E-state index contributed by atoms with van der Waals surface area (Å²) in [6.07, 6.45) is 1.52. The van der Waals surface area contributed by atoms with Crippen LogP contribution in [-0.4, -0.2) is 43.1 Å². The van der Waals surface area contributed by atoms with E-state index in [1.807, 2.05) is 24.3 Å². The van der Waals surface area contributed by atoms with Gasteiger partial charge in [-0.2, -0.15) is 0 Å². The summed E-state index contributed by atoms with van der Waals surface area (Å²) < 4.78 is 4.97. The van der Waals surface area contributed by atoms with Gasteiger partial charge >= 0.3 is 0 Å². The molecule has 0 bridgehead atoms. The van der Waals surface area contributed by atoms with E-state index in [0.29, 0.717) is 23.9 Å². The zero-order valence-corrected chi connectivity index (χ0v) is 11.6. The van der Waals surface area contributed by atoms with Gasteiger partial charge in [-0.05, 0) is 5.39 Å². The van der Waals surface area contributed by atoms with E-state index < -0.39 is 0 Å². The van der Waals surface area contributed by atoms with E-state index in [4.69, 9.17) is 16.3 Å². The van der Waals surface area contributed by atoms with E-state index in [9.17, 15) is 4.79 Å². The van der Waals surface area contributed by atoms with Crippen molar-refractivity contribution in [3.63, 3.8) is 0 Å². The first-order chi connectivity index (χ1) is 9.15. The minimum absolute atomic E-state index is 0.0857. The lowest BCUT2D eigenvalue weighted by molar-refractivity contribution is 0.0746. The van der Waals surface area contributed by atoms with Crippen molar-refractivity contribution in [2.45, 2.75) is 0 Å². The molecule has 0 radical (unpaired) electrons. The van der Waals surface area contributed by atoms with E-state index >= 15 is 0 Å². The van der Waals surface area contributed by atoms with E-state index in [1.54, 1.807) is 19.1 Å². The molecule has 100 valence electrons. The minimum Gasteiger partial charge on any atom is -0.383 e. The Labute approximate surface area is 116 Å². The number of methoxy groups -OCH3 is 1. The van der Waals surface area contributed by atoms with Crippen molar-refractivity contribution in [1.82, 2.24) is 9.88 Å². The lowest BCUT2D eigenvalue weighted by Gasteiger charge is -2.17. The van der Waals surface area contributed by atoms with Crippen molar-refractivity contribution < 1.29 is 9.53 Å². The molecule has 1 aromatic heterocycles. The summed E-state index contributed by atoms with van der Waals surface area (Å²) in [5.74, 6) is -0.0857. The highest BCUT2D eigenvalue weighted by Crippen LogP contribution is 2.24. The fourth-order valence-electron chi connectivity index (χ4n) is 1.86. The van der Waals surface area contributed by atoms with E-state index in [-0.39, 0.29) is 5.91 Å². The predicted octanol–water partition coefficient (Wildman–Crippen LogP) is 2.61. The number of amides is 1. The van der Waals surface area contributed by atoms with Gasteiger partial charge in [0.1, 0.15) is 5.15 Å². The van der Waals surface area contributed by atoms with Crippen molar-refractivity contribution in [2.24, 2.45) is 0 Å². The molecule has 0 aliphatic carbocycles. The van der Waals surface area contributed by atoms with Gasteiger partial charge in [0.05, 0.1) is 12.2 Å². The zero-order valence-electron chi connectivity index (χ0n) is 10.9. The molecular weight excluding hydrogens is 264 g/mol. The van der Waals surface area contributed by atoms with Gasteiger partial charge in [-0.15, -0.1) is 0 Å². The van der Waals surface area contributed by atoms with Crippen LogP contribution in [0.4, 0.5) is 0 Å². The molecule has 0 spiro atoms. The average Bonchev–Trinajstić information content (AvgIpc) is 2.45. The minimum atomic E-state index is -0.0857. The Morgan fingerprint density at radius 2 is 2.05 bits per heavy atom. The molecule has 0 N–H and O–H groups in total. The fraction of sp³-hybridized carbons (Fsp3) is 0.286. The summed E-state index contributed by atoms with van der Waals surface area (Å²) >= 11 is 6.04. The van der Waals surface area contributed by atoms with Crippen molar-refractivity contribution >= 4 is 28.3 Å². The van der Waals surface area contributed by atoms with Gasteiger partial charge in [0.2, 0.25) is 0 Å². The molecule has 0 fully saturated rings. The van der Waals surface area contributed by atoms with Gasteiger partial charge in [-0.25, -0.2) is 4.98 Å². The first kappa shape index (κ1) is 13.8. The number of hydrogen-bond donors (Lipinski definition) is 0. The Morgan fingerprint density at radius 1 is 1.37 bits per heavy atom. The number of fused-ring (bicyclic) bond motifs is 1. The van der Waals surface area contributed by atoms with Gasteiger partial charge in [0, 0.05) is 32.3 Å². The highest BCUT2D eigenvalue weighted by atomic mass is 35.5. The molecule has 2 aromatic rings. The number of ether oxygens (including phenoxy) is 1. The third-order valence-electron chi connectivity index (χ3n) is 2.95. The third-order valence-corrected chi connectivity index (χ3v) is 3.26. The smallest absolute Gasteiger partial charge is 0.255 e. The first-order valence-corrected chi connectivity index (χ1v) is 6.30. The largest absolute Gasteiger partial charge is 0.383 e. The second kappa shape index (κ2) is 5.99. The number of halogens is 1. The zero-order chi connectivity index (χ0) is 13.8. The second-order valence-electron chi connectivity index (χ2n) is 4.23. The maximum Gasteiger partial charge on any atom is 0.255 e. The Hall–Kier alpha value is -1.65. The van der Waals surface area contributed by atoms with Crippen molar-refractivity contribution in [3.05, 3.63) is 41.2 Å². The maximum absolute atomic E-state index is 12.4. The summed E-state index contributed by atoms with van der Waals surface area (Å²) in [6, 6.07) is 7.49. The molecule has 1 amide bonds. The number of benzene rings is 1.